The third-order valence-electron chi connectivity index (χ3n) is 7.73. The summed E-state index contributed by atoms with van der Waals surface area (Å²) >= 11 is 0. The summed E-state index contributed by atoms with van der Waals surface area (Å²) in [4.78, 5) is 7.22. The van der Waals surface area contributed by atoms with Crippen LogP contribution in [0.25, 0.3) is 0 Å². The molecule has 1 saturated heterocycles. The Kier molecular flexibility index (Phi) is 8.17. The van der Waals surface area contributed by atoms with Crippen molar-refractivity contribution in [2.24, 2.45) is 0 Å². The Morgan fingerprint density at radius 1 is 0.867 bits per heavy atom. The standard InChI is InChI=1S/C24H46N2O2Si2/c1-23(2,3)29(7,8)27-18-21-14-15-22(19-28-30(9,10)24(4,5)6)26(21)17-20-13-11-12-16-25-20/h11-13,16,21-22H,14-15,17-19H2,1-10H3/t21-,22-/m1/s1. The highest BCUT2D eigenvalue weighted by Crippen LogP contribution is 2.39. The maximum absolute atomic E-state index is 6.64. The van der Waals surface area contributed by atoms with E-state index in [2.05, 4.69) is 89.7 Å². The highest BCUT2D eigenvalue weighted by atomic mass is 28.4. The minimum atomic E-state index is -1.76. The van der Waals surface area contributed by atoms with E-state index in [1.54, 1.807) is 0 Å². The molecule has 0 radical (unpaired) electrons. The summed E-state index contributed by atoms with van der Waals surface area (Å²) in [6.07, 6.45) is 4.24. The second kappa shape index (κ2) is 9.53. The highest BCUT2D eigenvalue weighted by Gasteiger charge is 2.42. The predicted molar refractivity (Wildman–Crippen MR) is 133 cm³/mol. The molecule has 2 rings (SSSR count). The van der Waals surface area contributed by atoms with Gasteiger partial charge in [-0.15, -0.1) is 0 Å². The molecule has 0 saturated carbocycles. The van der Waals surface area contributed by atoms with Crippen molar-refractivity contribution in [1.29, 1.82) is 0 Å². The summed E-state index contributed by atoms with van der Waals surface area (Å²) in [5, 5.41) is 0.477. The Hall–Kier alpha value is -0.536. The lowest BCUT2D eigenvalue weighted by atomic mass is 10.2. The number of hydrogen-bond acceptors (Lipinski definition) is 4. The highest BCUT2D eigenvalue weighted by molar-refractivity contribution is 6.74. The largest absolute Gasteiger partial charge is 0.415 e. The van der Waals surface area contributed by atoms with Gasteiger partial charge in [-0.1, -0.05) is 47.6 Å². The quantitative estimate of drug-likeness (QED) is 0.426. The molecule has 0 unspecified atom stereocenters. The monoisotopic (exact) mass is 450 g/mol. The van der Waals surface area contributed by atoms with Gasteiger partial charge in [-0.2, -0.15) is 0 Å². The maximum atomic E-state index is 6.64. The third-order valence-corrected chi connectivity index (χ3v) is 16.7. The summed E-state index contributed by atoms with van der Waals surface area (Å²) in [7, 11) is -3.51. The van der Waals surface area contributed by atoms with E-state index in [-0.39, 0.29) is 10.1 Å². The van der Waals surface area contributed by atoms with Crippen molar-refractivity contribution < 1.29 is 8.85 Å². The third kappa shape index (κ3) is 6.48. The van der Waals surface area contributed by atoms with Crippen LogP contribution in [0.1, 0.15) is 60.1 Å². The molecule has 2 heterocycles. The molecule has 0 bridgehead atoms. The van der Waals surface area contributed by atoms with Crippen LogP contribution in [0.4, 0.5) is 0 Å². The average Bonchev–Trinajstić information content (AvgIpc) is 2.99. The van der Waals surface area contributed by atoms with Crippen molar-refractivity contribution in [1.82, 2.24) is 9.88 Å². The van der Waals surface area contributed by atoms with E-state index in [0.717, 1.165) is 25.5 Å². The van der Waals surface area contributed by atoms with Gasteiger partial charge >= 0.3 is 0 Å². The summed E-state index contributed by atoms with van der Waals surface area (Å²) < 4.78 is 13.3. The Morgan fingerprint density at radius 3 is 1.70 bits per heavy atom. The first-order chi connectivity index (χ1) is 13.6. The molecular formula is C24H46N2O2Si2. The van der Waals surface area contributed by atoms with Gasteiger partial charge in [0.15, 0.2) is 16.6 Å². The number of rotatable bonds is 8. The maximum Gasteiger partial charge on any atom is 0.192 e. The molecule has 4 nitrogen and oxygen atoms in total. The van der Waals surface area contributed by atoms with Crippen molar-refractivity contribution in [2.45, 2.75) is 109 Å². The first-order valence-electron chi connectivity index (χ1n) is 11.6. The van der Waals surface area contributed by atoms with Crippen molar-refractivity contribution in [3.63, 3.8) is 0 Å². The van der Waals surface area contributed by atoms with Crippen LogP contribution in [0.5, 0.6) is 0 Å². The molecule has 1 aromatic rings. The molecule has 1 fully saturated rings. The molecule has 6 heteroatoms. The molecule has 172 valence electrons. The van der Waals surface area contributed by atoms with E-state index in [9.17, 15) is 0 Å². The number of nitrogens with zero attached hydrogens (tertiary/aromatic N) is 2. The minimum absolute atomic E-state index is 0.238. The van der Waals surface area contributed by atoms with E-state index < -0.39 is 16.6 Å². The Morgan fingerprint density at radius 2 is 1.33 bits per heavy atom. The van der Waals surface area contributed by atoms with E-state index >= 15 is 0 Å². The normalized spacial score (nSPS) is 21.9. The molecule has 2 atom stereocenters. The van der Waals surface area contributed by atoms with Crippen LogP contribution in [-0.4, -0.2) is 51.8 Å². The van der Waals surface area contributed by atoms with Crippen molar-refractivity contribution in [2.75, 3.05) is 13.2 Å². The number of pyridine rings is 1. The topological polar surface area (TPSA) is 34.6 Å². The second-order valence-electron chi connectivity index (χ2n) is 12.0. The summed E-state index contributed by atoms with van der Waals surface area (Å²) in [6.45, 7) is 25.8. The Labute approximate surface area is 188 Å². The van der Waals surface area contributed by atoms with E-state index in [1.807, 2.05) is 12.3 Å². The van der Waals surface area contributed by atoms with Gasteiger partial charge in [0.1, 0.15) is 0 Å². The summed E-state index contributed by atoms with van der Waals surface area (Å²) in [6, 6.07) is 7.09. The van der Waals surface area contributed by atoms with Crippen LogP contribution in [-0.2, 0) is 15.4 Å². The fraction of sp³-hybridized carbons (Fsp3) is 0.792. The lowest BCUT2D eigenvalue weighted by Crippen LogP contribution is -2.48. The zero-order valence-corrected chi connectivity index (χ0v) is 23.2. The lowest BCUT2D eigenvalue weighted by Gasteiger charge is -2.40. The van der Waals surface area contributed by atoms with E-state index in [1.165, 1.54) is 12.8 Å². The van der Waals surface area contributed by atoms with Crippen LogP contribution in [0, 0.1) is 0 Å². The molecular weight excluding hydrogens is 404 g/mol. The van der Waals surface area contributed by atoms with Crippen LogP contribution in [0.15, 0.2) is 24.4 Å². The predicted octanol–water partition coefficient (Wildman–Crippen LogP) is 6.46. The molecule has 0 aliphatic carbocycles. The fourth-order valence-electron chi connectivity index (χ4n) is 3.35. The number of likely N-dealkylation sites (tertiary alicyclic amines) is 1. The van der Waals surface area contributed by atoms with Gasteiger partial charge < -0.3 is 8.85 Å². The van der Waals surface area contributed by atoms with Crippen molar-refractivity contribution in [3.8, 4) is 0 Å². The van der Waals surface area contributed by atoms with Gasteiger partial charge in [-0.05, 0) is 61.2 Å². The minimum Gasteiger partial charge on any atom is -0.415 e. The zero-order valence-electron chi connectivity index (χ0n) is 21.2. The van der Waals surface area contributed by atoms with Crippen LogP contribution in [0.3, 0.4) is 0 Å². The zero-order chi connectivity index (χ0) is 22.8. The Bertz CT molecular complexity index is 628. The molecule has 1 aliphatic heterocycles. The van der Waals surface area contributed by atoms with Crippen LogP contribution >= 0.6 is 0 Å². The van der Waals surface area contributed by atoms with Gasteiger partial charge in [-0.25, -0.2) is 0 Å². The molecule has 0 spiro atoms. The fourth-order valence-corrected chi connectivity index (χ4v) is 5.44. The Balaban J connectivity index is 2.11. The molecule has 1 aromatic heterocycles. The van der Waals surface area contributed by atoms with Crippen molar-refractivity contribution >= 4 is 16.6 Å². The van der Waals surface area contributed by atoms with Crippen molar-refractivity contribution in [3.05, 3.63) is 30.1 Å². The van der Waals surface area contributed by atoms with Gasteiger partial charge in [0.25, 0.3) is 0 Å². The molecule has 1 aliphatic rings. The SMILES string of the molecule is CC(C)(C)[Si](C)(C)OC[C@H]1CC[C@H](CO[Si](C)(C)C(C)(C)C)N1Cc1ccccn1. The first kappa shape index (κ1) is 25.7. The lowest BCUT2D eigenvalue weighted by molar-refractivity contribution is 0.0942. The van der Waals surface area contributed by atoms with Crippen LogP contribution in [0.2, 0.25) is 36.3 Å². The van der Waals surface area contributed by atoms with E-state index in [4.69, 9.17) is 8.85 Å². The molecule has 0 amide bonds. The molecule has 30 heavy (non-hydrogen) atoms. The smallest absolute Gasteiger partial charge is 0.192 e. The molecule has 0 N–H and O–H groups in total. The van der Waals surface area contributed by atoms with Gasteiger partial charge in [0, 0.05) is 38.0 Å². The van der Waals surface area contributed by atoms with Gasteiger partial charge in [0.05, 0.1) is 5.69 Å². The summed E-state index contributed by atoms with van der Waals surface area (Å²) in [5.74, 6) is 0. The second-order valence-corrected chi connectivity index (χ2v) is 21.6. The molecule has 0 aromatic carbocycles. The summed E-state index contributed by atoms with van der Waals surface area (Å²) in [5.41, 5.74) is 1.13. The number of aromatic nitrogens is 1. The van der Waals surface area contributed by atoms with Gasteiger partial charge in [0.2, 0.25) is 0 Å². The van der Waals surface area contributed by atoms with Crippen LogP contribution < -0.4 is 0 Å². The van der Waals surface area contributed by atoms with E-state index in [0.29, 0.717) is 12.1 Å². The first-order valence-corrected chi connectivity index (χ1v) is 17.4. The van der Waals surface area contributed by atoms with Gasteiger partial charge in [-0.3, -0.25) is 9.88 Å². The number of hydrogen-bond donors (Lipinski definition) is 0. The average molecular weight is 451 g/mol.